The molecule has 94 valence electrons. The monoisotopic (exact) mass is 223 g/mol. The normalized spacial score (nSPS) is 40.1. The lowest BCUT2D eigenvalue weighted by atomic mass is 9.66. The van der Waals surface area contributed by atoms with Gasteiger partial charge in [-0.15, -0.1) is 0 Å². The van der Waals surface area contributed by atoms with Crippen molar-refractivity contribution in [2.45, 2.75) is 72.9 Å². The minimum atomic E-state index is 0.420. The number of hydrogen-bond donors (Lipinski definition) is 1. The molecule has 0 radical (unpaired) electrons. The van der Waals surface area contributed by atoms with Crippen LogP contribution in [0.1, 0.15) is 60.8 Å². The van der Waals surface area contributed by atoms with Gasteiger partial charge in [0.2, 0.25) is 0 Å². The summed E-state index contributed by atoms with van der Waals surface area (Å²) >= 11 is 0. The van der Waals surface area contributed by atoms with Gasteiger partial charge in [0, 0.05) is 12.1 Å². The average molecular weight is 223 g/mol. The van der Waals surface area contributed by atoms with E-state index in [-0.39, 0.29) is 0 Å². The molecule has 0 aromatic heterocycles. The van der Waals surface area contributed by atoms with Gasteiger partial charge in [0.05, 0.1) is 0 Å². The summed E-state index contributed by atoms with van der Waals surface area (Å²) in [6.45, 7) is 14.4. The van der Waals surface area contributed by atoms with Crippen LogP contribution in [0.25, 0.3) is 0 Å². The maximum absolute atomic E-state index is 3.94. The number of hydrogen-bond acceptors (Lipinski definition) is 1. The molecule has 1 aliphatic carbocycles. The molecule has 0 aromatic carbocycles. The standard InChI is InChI=1S/C15H29N/c1-14(2,3)12-9-10-7-8-11(16-12)13(10)15(4,5)6/h10-13,16H,7-9H2,1-6H3. The van der Waals surface area contributed by atoms with Gasteiger partial charge in [-0.25, -0.2) is 0 Å². The Hall–Kier alpha value is -0.0400. The fourth-order valence-corrected chi connectivity index (χ4v) is 4.08. The van der Waals surface area contributed by atoms with Crippen LogP contribution in [-0.4, -0.2) is 12.1 Å². The largest absolute Gasteiger partial charge is 0.310 e. The van der Waals surface area contributed by atoms with E-state index in [0.717, 1.165) is 23.9 Å². The summed E-state index contributed by atoms with van der Waals surface area (Å²) in [7, 11) is 0. The van der Waals surface area contributed by atoms with Crippen molar-refractivity contribution in [1.82, 2.24) is 5.32 Å². The molecule has 2 fully saturated rings. The van der Waals surface area contributed by atoms with Crippen molar-refractivity contribution in [2.75, 3.05) is 0 Å². The van der Waals surface area contributed by atoms with Gasteiger partial charge in [0.25, 0.3) is 0 Å². The van der Waals surface area contributed by atoms with E-state index in [1.54, 1.807) is 0 Å². The minimum absolute atomic E-state index is 0.420. The summed E-state index contributed by atoms with van der Waals surface area (Å²) in [5.41, 5.74) is 0.894. The Kier molecular flexibility index (Phi) is 2.89. The zero-order valence-corrected chi connectivity index (χ0v) is 11.9. The molecule has 0 aromatic rings. The molecule has 1 aliphatic heterocycles. The van der Waals surface area contributed by atoms with Crippen LogP contribution in [0.4, 0.5) is 0 Å². The quantitative estimate of drug-likeness (QED) is 0.658. The van der Waals surface area contributed by atoms with Gasteiger partial charge >= 0.3 is 0 Å². The van der Waals surface area contributed by atoms with E-state index >= 15 is 0 Å². The fourth-order valence-electron chi connectivity index (χ4n) is 4.08. The highest BCUT2D eigenvalue weighted by Crippen LogP contribution is 2.50. The maximum Gasteiger partial charge on any atom is 0.0121 e. The van der Waals surface area contributed by atoms with Gasteiger partial charge in [-0.1, -0.05) is 41.5 Å². The highest BCUT2D eigenvalue weighted by Gasteiger charge is 2.49. The summed E-state index contributed by atoms with van der Waals surface area (Å²) in [6.07, 6.45) is 4.24. The smallest absolute Gasteiger partial charge is 0.0121 e. The molecule has 4 unspecified atom stereocenters. The van der Waals surface area contributed by atoms with Crippen LogP contribution in [0, 0.1) is 22.7 Å². The number of piperidine rings is 1. The van der Waals surface area contributed by atoms with Crippen LogP contribution in [0.2, 0.25) is 0 Å². The second-order valence-corrected chi connectivity index (χ2v) is 8.16. The number of nitrogens with one attached hydrogen (secondary N) is 1. The molecule has 0 amide bonds. The van der Waals surface area contributed by atoms with Gasteiger partial charge in [0.15, 0.2) is 0 Å². The van der Waals surface area contributed by atoms with Crippen molar-refractivity contribution < 1.29 is 0 Å². The third-order valence-electron chi connectivity index (χ3n) is 4.79. The summed E-state index contributed by atoms with van der Waals surface area (Å²) < 4.78 is 0. The van der Waals surface area contributed by atoms with Gasteiger partial charge in [0.1, 0.15) is 0 Å². The van der Waals surface area contributed by atoms with Gasteiger partial charge < -0.3 is 5.32 Å². The lowest BCUT2D eigenvalue weighted by Crippen LogP contribution is -2.55. The minimum Gasteiger partial charge on any atom is -0.310 e. The second kappa shape index (κ2) is 3.73. The predicted octanol–water partition coefficient (Wildman–Crippen LogP) is 3.84. The van der Waals surface area contributed by atoms with Gasteiger partial charge in [-0.05, 0) is 41.9 Å². The van der Waals surface area contributed by atoms with E-state index in [1.807, 2.05) is 0 Å². The van der Waals surface area contributed by atoms with E-state index in [4.69, 9.17) is 0 Å². The Labute approximate surface area is 101 Å². The van der Waals surface area contributed by atoms with Crippen LogP contribution in [0.5, 0.6) is 0 Å². The first kappa shape index (κ1) is 12.4. The zero-order chi connectivity index (χ0) is 12.1. The SMILES string of the molecule is CC(C)(C)C1CC2CCC(N1)C2C(C)(C)C. The fraction of sp³-hybridized carbons (Fsp3) is 1.00. The zero-order valence-electron chi connectivity index (χ0n) is 11.9. The van der Waals surface area contributed by atoms with Crippen molar-refractivity contribution in [3.8, 4) is 0 Å². The van der Waals surface area contributed by atoms with E-state index in [9.17, 15) is 0 Å². The van der Waals surface area contributed by atoms with E-state index < -0.39 is 0 Å². The maximum atomic E-state index is 3.94. The molecule has 2 rings (SSSR count). The first-order chi connectivity index (χ1) is 7.19. The van der Waals surface area contributed by atoms with Crippen molar-refractivity contribution in [1.29, 1.82) is 0 Å². The third-order valence-corrected chi connectivity index (χ3v) is 4.79. The molecule has 2 aliphatic rings. The number of rotatable bonds is 0. The molecule has 1 saturated heterocycles. The summed E-state index contributed by atoms with van der Waals surface area (Å²) in [6, 6.07) is 1.51. The Morgan fingerprint density at radius 1 is 0.875 bits per heavy atom. The van der Waals surface area contributed by atoms with Crippen LogP contribution >= 0.6 is 0 Å². The topological polar surface area (TPSA) is 12.0 Å². The van der Waals surface area contributed by atoms with Crippen molar-refractivity contribution in [2.24, 2.45) is 22.7 Å². The van der Waals surface area contributed by atoms with E-state index in [0.29, 0.717) is 10.8 Å². The molecule has 4 atom stereocenters. The predicted molar refractivity (Wildman–Crippen MR) is 70.5 cm³/mol. The Morgan fingerprint density at radius 2 is 1.50 bits per heavy atom. The van der Waals surface area contributed by atoms with E-state index in [2.05, 4.69) is 46.9 Å². The third kappa shape index (κ3) is 2.16. The molecule has 0 spiro atoms. The van der Waals surface area contributed by atoms with Crippen LogP contribution in [-0.2, 0) is 0 Å². The van der Waals surface area contributed by atoms with Gasteiger partial charge in [-0.3, -0.25) is 0 Å². The Bertz CT molecular complexity index is 242. The van der Waals surface area contributed by atoms with Crippen LogP contribution in [0.3, 0.4) is 0 Å². The van der Waals surface area contributed by atoms with Crippen molar-refractivity contribution in [3.05, 3.63) is 0 Å². The molecule has 1 nitrogen and oxygen atoms in total. The molecule has 1 saturated carbocycles. The lowest BCUT2D eigenvalue weighted by molar-refractivity contribution is 0.0668. The molecule has 1 heterocycles. The Morgan fingerprint density at radius 3 is 1.94 bits per heavy atom. The molecule has 1 heteroatoms. The summed E-state index contributed by atoms with van der Waals surface area (Å²) in [4.78, 5) is 0. The highest BCUT2D eigenvalue weighted by molar-refractivity contribution is 5.03. The molecule has 16 heavy (non-hydrogen) atoms. The van der Waals surface area contributed by atoms with Crippen LogP contribution in [0.15, 0.2) is 0 Å². The first-order valence-electron chi connectivity index (χ1n) is 6.95. The summed E-state index contributed by atoms with van der Waals surface area (Å²) in [5, 5.41) is 3.94. The summed E-state index contributed by atoms with van der Waals surface area (Å²) in [5.74, 6) is 1.86. The molecule has 1 N–H and O–H groups in total. The van der Waals surface area contributed by atoms with E-state index in [1.165, 1.54) is 19.3 Å². The average Bonchev–Trinajstić information content (AvgIpc) is 2.35. The molecular formula is C15H29N. The molecule has 2 bridgehead atoms. The van der Waals surface area contributed by atoms with Crippen LogP contribution < -0.4 is 5.32 Å². The highest BCUT2D eigenvalue weighted by atomic mass is 15.0. The van der Waals surface area contributed by atoms with Crippen molar-refractivity contribution in [3.63, 3.8) is 0 Å². The Balaban J connectivity index is 2.13. The second-order valence-electron chi connectivity index (χ2n) is 8.16. The van der Waals surface area contributed by atoms with Crippen molar-refractivity contribution >= 4 is 0 Å². The first-order valence-corrected chi connectivity index (χ1v) is 6.95. The lowest BCUT2D eigenvalue weighted by Gasteiger charge is -2.47. The molecular weight excluding hydrogens is 194 g/mol. The van der Waals surface area contributed by atoms with Gasteiger partial charge in [-0.2, -0.15) is 0 Å². The number of fused-ring (bicyclic) bond motifs is 2.